The van der Waals surface area contributed by atoms with Crippen molar-refractivity contribution in [2.45, 2.75) is 38.9 Å². The molecule has 1 saturated carbocycles. The van der Waals surface area contributed by atoms with E-state index in [1.807, 2.05) is 0 Å². The van der Waals surface area contributed by atoms with Crippen molar-refractivity contribution in [1.29, 1.82) is 0 Å². The van der Waals surface area contributed by atoms with Gasteiger partial charge in [-0.1, -0.05) is 47.5 Å². The van der Waals surface area contributed by atoms with Crippen LogP contribution in [0.3, 0.4) is 0 Å². The zero-order valence-corrected chi connectivity index (χ0v) is 24.3. The van der Waals surface area contributed by atoms with E-state index in [-0.39, 0.29) is 44.9 Å². The fourth-order valence-electron chi connectivity index (χ4n) is 4.21. The molecule has 1 aromatic heterocycles. The molecule has 1 amide bonds. The number of pyridine rings is 1. The highest BCUT2D eigenvalue weighted by molar-refractivity contribution is 6.35. The van der Waals surface area contributed by atoms with Gasteiger partial charge in [0.1, 0.15) is 12.6 Å². The molecule has 1 aliphatic rings. The zero-order valence-electron chi connectivity index (χ0n) is 22.8. The molecule has 3 aromatic rings. The van der Waals surface area contributed by atoms with Gasteiger partial charge in [0.15, 0.2) is 17.3 Å². The summed E-state index contributed by atoms with van der Waals surface area (Å²) in [5.41, 5.74) is 1.22. The minimum absolute atomic E-state index is 0.00781. The van der Waals surface area contributed by atoms with E-state index >= 15 is 0 Å². The molecule has 4 rings (SSSR count). The van der Waals surface area contributed by atoms with Gasteiger partial charge in [0.25, 0.3) is 5.91 Å². The van der Waals surface area contributed by atoms with E-state index in [9.17, 15) is 23.2 Å². The van der Waals surface area contributed by atoms with Gasteiger partial charge < -0.3 is 19.1 Å². The van der Waals surface area contributed by atoms with Crippen molar-refractivity contribution in [3.05, 3.63) is 87.2 Å². The summed E-state index contributed by atoms with van der Waals surface area (Å²) < 4.78 is 42.4. The van der Waals surface area contributed by atoms with Crippen molar-refractivity contribution < 1.29 is 37.4 Å². The molecule has 2 aromatic carbocycles. The lowest BCUT2D eigenvalue weighted by Crippen LogP contribution is -2.34. The average molecular weight is 621 g/mol. The summed E-state index contributed by atoms with van der Waals surface area (Å²) in [6.45, 7) is -1.84. The summed E-state index contributed by atoms with van der Waals surface area (Å²) in [6, 6.07) is 10.6. The second-order valence-corrected chi connectivity index (χ2v) is 10.7. The van der Waals surface area contributed by atoms with E-state index in [1.165, 1.54) is 56.7 Å². The molecule has 1 atom stereocenters. The van der Waals surface area contributed by atoms with Crippen LogP contribution in [0, 0.1) is 5.92 Å². The van der Waals surface area contributed by atoms with Crippen LogP contribution in [0.1, 0.15) is 57.7 Å². The van der Waals surface area contributed by atoms with Gasteiger partial charge in [-0.3, -0.25) is 19.4 Å². The summed E-state index contributed by atoms with van der Waals surface area (Å²) in [7, 11) is 1.41. The molecule has 0 aliphatic heterocycles. The summed E-state index contributed by atoms with van der Waals surface area (Å²) in [6.07, 6.45) is 3.75. The normalized spacial score (nSPS) is 13.4. The number of halogens is 4. The molecule has 8 nitrogen and oxygen atoms in total. The molecule has 222 valence electrons. The Morgan fingerprint density at radius 1 is 1.02 bits per heavy atom. The molecular weight excluding hydrogens is 593 g/mol. The number of hydrogen-bond donors (Lipinski definition) is 0. The van der Waals surface area contributed by atoms with Crippen LogP contribution in [0.4, 0.5) is 8.78 Å². The fourth-order valence-corrected chi connectivity index (χ4v) is 4.73. The van der Waals surface area contributed by atoms with Crippen molar-refractivity contribution >= 4 is 40.9 Å². The molecule has 1 fully saturated rings. The maximum atomic E-state index is 13.2. The first-order chi connectivity index (χ1) is 20.0. The molecule has 1 aliphatic carbocycles. The largest absolute Gasteiger partial charge is 0.489 e. The van der Waals surface area contributed by atoms with Crippen molar-refractivity contribution in [3.8, 4) is 11.5 Å². The maximum Gasteiger partial charge on any atom is 0.387 e. The van der Waals surface area contributed by atoms with Gasteiger partial charge >= 0.3 is 12.6 Å². The Bertz CT molecular complexity index is 1450. The van der Waals surface area contributed by atoms with E-state index in [0.717, 1.165) is 17.7 Å². The number of aromatic nitrogens is 1. The van der Waals surface area contributed by atoms with Gasteiger partial charge in [-0.2, -0.15) is 8.78 Å². The minimum Gasteiger partial charge on any atom is -0.489 e. The fraction of sp³-hybridized carbons (Fsp3) is 0.333. The highest BCUT2D eigenvalue weighted by atomic mass is 35.5. The van der Waals surface area contributed by atoms with Crippen molar-refractivity contribution in [3.63, 3.8) is 0 Å². The van der Waals surface area contributed by atoms with Gasteiger partial charge in [0.05, 0.1) is 22.2 Å². The van der Waals surface area contributed by atoms with Crippen LogP contribution >= 0.6 is 23.2 Å². The van der Waals surface area contributed by atoms with Crippen molar-refractivity contribution in [2.24, 2.45) is 5.92 Å². The molecule has 0 radical (unpaired) electrons. The second-order valence-electron chi connectivity index (χ2n) is 9.87. The van der Waals surface area contributed by atoms with Gasteiger partial charge in [-0.05, 0) is 55.0 Å². The molecule has 42 heavy (non-hydrogen) atoms. The molecular formula is C30H28Cl2F2N2O6. The topological polar surface area (TPSA) is 95.0 Å². The Morgan fingerprint density at radius 3 is 2.31 bits per heavy atom. The van der Waals surface area contributed by atoms with E-state index in [4.69, 9.17) is 32.7 Å². The minimum atomic E-state index is -3.07. The van der Waals surface area contributed by atoms with Crippen LogP contribution in [-0.4, -0.2) is 54.4 Å². The monoisotopic (exact) mass is 620 g/mol. The molecule has 0 N–H and O–H groups in total. The standard InChI is InChI=1S/C30H28Cl2F2N2O6/c1-17(37)20-5-3-4-6-21(20)29(39)36(2)15-28(38)41-26(12-22-23(31)13-35-14-24(22)32)19-9-10-25(42-30(33)34)27(11-19)40-16-18-7-8-18/h3-6,9-11,13-14,18,26,30H,7-8,12,15-16H2,1-2H3/t26-/m0/s1. The SMILES string of the molecule is CC(=O)c1ccccc1C(=O)N(C)CC(=O)O[C@@H](Cc1c(Cl)cncc1Cl)c1ccc(OC(F)F)c(OCC2CC2)c1. The number of nitrogens with zero attached hydrogens (tertiary/aromatic N) is 2. The van der Waals surface area contributed by atoms with Crippen molar-refractivity contribution in [1.82, 2.24) is 9.88 Å². The lowest BCUT2D eigenvalue weighted by Gasteiger charge is -2.23. The first-order valence-corrected chi connectivity index (χ1v) is 13.8. The third-order valence-corrected chi connectivity index (χ3v) is 7.24. The Morgan fingerprint density at radius 2 is 1.69 bits per heavy atom. The summed E-state index contributed by atoms with van der Waals surface area (Å²) in [5, 5.41) is 0.471. The van der Waals surface area contributed by atoms with E-state index in [1.54, 1.807) is 12.1 Å². The summed E-state index contributed by atoms with van der Waals surface area (Å²) in [4.78, 5) is 43.3. The van der Waals surface area contributed by atoms with Crippen LogP contribution in [0.15, 0.2) is 54.9 Å². The number of carbonyl (C=O) groups is 3. The molecule has 0 bridgehead atoms. The maximum absolute atomic E-state index is 13.2. The van der Waals surface area contributed by atoms with Gasteiger partial charge in [-0.25, -0.2) is 0 Å². The number of Topliss-reactive ketones (excluding diaryl/α,β-unsaturated/α-hetero) is 1. The van der Waals surface area contributed by atoms with E-state index < -0.39 is 31.1 Å². The van der Waals surface area contributed by atoms with Gasteiger partial charge in [-0.15, -0.1) is 0 Å². The Labute approximate surface area is 251 Å². The number of amides is 1. The summed E-state index contributed by atoms with van der Waals surface area (Å²) >= 11 is 12.7. The predicted molar refractivity (Wildman–Crippen MR) is 151 cm³/mol. The first-order valence-electron chi connectivity index (χ1n) is 13.1. The number of benzene rings is 2. The molecule has 0 saturated heterocycles. The number of likely N-dealkylation sites (N-methyl/N-ethyl adjacent to an activating group) is 1. The molecule has 0 unspecified atom stereocenters. The second kappa shape index (κ2) is 13.9. The number of rotatable bonds is 13. The van der Waals surface area contributed by atoms with Crippen LogP contribution in [0.25, 0.3) is 0 Å². The molecule has 1 heterocycles. The zero-order chi connectivity index (χ0) is 30.4. The van der Waals surface area contributed by atoms with E-state index in [2.05, 4.69) is 9.72 Å². The predicted octanol–water partition coefficient (Wildman–Crippen LogP) is 6.58. The van der Waals surface area contributed by atoms with E-state index in [0.29, 0.717) is 23.7 Å². The summed E-state index contributed by atoms with van der Waals surface area (Å²) in [5.74, 6) is -1.36. The van der Waals surface area contributed by atoms with Crippen LogP contribution in [0.5, 0.6) is 11.5 Å². The van der Waals surface area contributed by atoms with Gasteiger partial charge in [0.2, 0.25) is 0 Å². The van der Waals surface area contributed by atoms with Crippen LogP contribution in [-0.2, 0) is 16.0 Å². The highest BCUT2D eigenvalue weighted by Gasteiger charge is 2.27. The number of ketones is 1. The highest BCUT2D eigenvalue weighted by Crippen LogP contribution is 2.38. The number of carbonyl (C=O) groups excluding carboxylic acids is 3. The first kappa shape index (κ1) is 31.2. The molecule has 12 heteroatoms. The lowest BCUT2D eigenvalue weighted by molar-refractivity contribution is -0.149. The Hall–Kier alpha value is -3.76. The lowest BCUT2D eigenvalue weighted by atomic mass is 10.0. The van der Waals surface area contributed by atoms with Crippen LogP contribution in [0.2, 0.25) is 10.0 Å². The quantitative estimate of drug-likeness (QED) is 0.157. The number of ether oxygens (including phenoxy) is 3. The third-order valence-electron chi connectivity index (χ3n) is 6.59. The average Bonchev–Trinajstić information content (AvgIpc) is 3.78. The molecule has 0 spiro atoms. The Kier molecular flexibility index (Phi) is 10.3. The third kappa shape index (κ3) is 8.17. The number of esters is 1. The van der Waals surface area contributed by atoms with Crippen molar-refractivity contribution in [2.75, 3.05) is 20.2 Å². The number of hydrogen-bond acceptors (Lipinski definition) is 7. The van der Waals surface area contributed by atoms with Gasteiger partial charge in [0, 0.05) is 31.4 Å². The smallest absolute Gasteiger partial charge is 0.387 e. The number of alkyl halides is 2. The van der Waals surface area contributed by atoms with Crippen LogP contribution < -0.4 is 9.47 Å². The Balaban J connectivity index is 1.60.